The summed E-state index contributed by atoms with van der Waals surface area (Å²) in [5, 5.41) is 12.5. The van der Waals surface area contributed by atoms with Crippen molar-refractivity contribution >= 4 is 10.8 Å². The third-order valence-electron chi connectivity index (χ3n) is 3.23. The molecule has 2 aromatic rings. The van der Waals surface area contributed by atoms with Crippen LogP contribution in [-0.4, -0.2) is 11.2 Å². The summed E-state index contributed by atoms with van der Waals surface area (Å²) in [6.45, 7) is 2.16. The molecule has 0 bridgehead atoms. The molecule has 1 N–H and O–H groups in total. The first kappa shape index (κ1) is 12.1. The van der Waals surface area contributed by atoms with E-state index >= 15 is 0 Å². The predicted molar refractivity (Wildman–Crippen MR) is 73.2 cm³/mol. The van der Waals surface area contributed by atoms with Crippen molar-refractivity contribution in [2.75, 3.05) is 0 Å². The van der Waals surface area contributed by atoms with Crippen LogP contribution in [0.1, 0.15) is 31.7 Å². The quantitative estimate of drug-likeness (QED) is 0.822. The summed E-state index contributed by atoms with van der Waals surface area (Å²) in [4.78, 5) is 0. The van der Waals surface area contributed by atoms with E-state index in [-0.39, 0.29) is 6.10 Å². The minimum Gasteiger partial charge on any atom is -0.393 e. The van der Waals surface area contributed by atoms with E-state index in [0.717, 1.165) is 25.7 Å². The molecule has 0 aliphatic rings. The van der Waals surface area contributed by atoms with E-state index in [1.54, 1.807) is 0 Å². The van der Waals surface area contributed by atoms with Gasteiger partial charge in [-0.2, -0.15) is 0 Å². The fraction of sp³-hybridized carbons (Fsp3) is 0.375. The molecule has 1 nitrogen and oxygen atoms in total. The van der Waals surface area contributed by atoms with Crippen LogP contribution in [0.4, 0.5) is 0 Å². The molecule has 1 heteroatoms. The van der Waals surface area contributed by atoms with E-state index in [1.807, 2.05) is 0 Å². The molecular weight excluding hydrogens is 208 g/mol. The molecule has 0 saturated heterocycles. The monoisotopic (exact) mass is 228 g/mol. The molecule has 0 spiro atoms. The van der Waals surface area contributed by atoms with Gasteiger partial charge in [-0.25, -0.2) is 0 Å². The zero-order valence-corrected chi connectivity index (χ0v) is 10.4. The van der Waals surface area contributed by atoms with Crippen molar-refractivity contribution in [3.05, 3.63) is 48.0 Å². The number of hydrogen-bond donors (Lipinski definition) is 1. The third kappa shape index (κ3) is 3.07. The van der Waals surface area contributed by atoms with Gasteiger partial charge in [0.1, 0.15) is 0 Å². The Hall–Kier alpha value is -1.34. The van der Waals surface area contributed by atoms with Crippen LogP contribution in [-0.2, 0) is 6.42 Å². The first-order valence-corrected chi connectivity index (χ1v) is 6.46. The van der Waals surface area contributed by atoms with Crippen molar-refractivity contribution < 1.29 is 5.11 Å². The lowest BCUT2D eigenvalue weighted by atomic mass is 9.98. The van der Waals surface area contributed by atoms with Crippen molar-refractivity contribution in [2.45, 2.75) is 38.7 Å². The Kier molecular flexibility index (Phi) is 4.16. The molecule has 0 aliphatic carbocycles. The van der Waals surface area contributed by atoms with Crippen LogP contribution in [0.3, 0.4) is 0 Å². The van der Waals surface area contributed by atoms with Crippen LogP contribution in [0.2, 0.25) is 0 Å². The first-order valence-electron chi connectivity index (χ1n) is 6.46. The lowest BCUT2D eigenvalue weighted by Gasteiger charge is -2.12. The van der Waals surface area contributed by atoms with E-state index < -0.39 is 0 Å². The molecule has 0 heterocycles. The Balaban J connectivity index is 2.18. The molecule has 0 aliphatic heterocycles. The van der Waals surface area contributed by atoms with Crippen LogP contribution in [0.25, 0.3) is 10.8 Å². The van der Waals surface area contributed by atoms with Gasteiger partial charge in [-0.1, -0.05) is 62.2 Å². The van der Waals surface area contributed by atoms with Crippen molar-refractivity contribution in [3.8, 4) is 0 Å². The molecule has 0 amide bonds. The van der Waals surface area contributed by atoms with Crippen molar-refractivity contribution in [3.63, 3.8) is 0 Å². The summed E-state index contributed by atoms with van der Waals surface area (Å²) in [5.41, 5.74) is 1.26. The van der Waals surface area contributed by atoms with Gasteiger partial charge in [-0.15, -0.1) is 0 Å². The number of aliphatic hydroxyl groups excluding tert-OH is 1. The summed E-state index contributed by atoms with van der Waals surface area (Å²) in [6.07, 6.45) is 3.71. The molecule has 1 atom stereocenters. The molecule has 0 saturated carbocycles. The molecule has 0 aromatic heterocycles. The highest BCUT2D eigenvalue weighted by atomic mass is 16.3. The Labute approximate surface area is 103 Å². The smallest absolute Gasteiger partial charge is 0.0580 e. The van der Waals surface area contributed by atoms with Crippen molar-refractivity contribution in [1.29, 1.82) is 0 Å². The van der Waals surface area contributed by atoms with Crippen LogP contribution in [0, 0.1) is 0 Å². The molecule has 0 radical (unpaired) electrons. The number of unbranched alkanes of at least 4 members (excludes halogenated alkanes) is 1. The number of fused-ring (bicyclic) bond motifs is 1. The van der Waals surface area contributed by atoms with Crippen LogP contribution < -0.4 is 0 Å². The van der Waals surface area contributed by atoms with Gasteiger partial charge in [0, 0.05) is 0 Å². The molecular formula is C16H20O. The minimum atomic E-state index is -0.208. The van der Waals surface area contributed by atoms with Gasteiger partial charge in [-0.05, 0) is 29.2 Å². The maximum Gasteiger partial charge on any atom is 0.0580 e. The van der Waals surface area contributed by atoms with Gasteiger partial charge < -0.3 is 5.11 Å². The summed E-state index contributed by atoms with van der Waals surface area (Å²) in [6, 6.07) is 14.7. The van der Waals surface area contributed by atoms with Gasteiger partial charge in [0.25, 0.3) is 0 Å². The average Bonchev–Trinajstić information content (AvgIpc) is 2.37. The van der Waals surface area contributed by atoms with E-state index in [4.69, 9.17) is 0 Å². The summed E-state index contributed by atoms with van der Waals surface area (Å²) in [7, 11) is 0. The highest BCUT2D eigenvalue weighted by molar-refractivity contribution is 5.85. The van der Waals surface area contributed by atoms with E-state index in [9.17, 15) is 5.11 Å². The molecule has 0 fully saturated rings. The Bertz CT molecular complexity index is 470. The van der Waals surface area contributed by atoms with Gasteiger partial charge >= 0.3 is 0 Å². The number of rotatable bonds is 5. The standard InChI is InChI=1S/C16H20O/c1-2-3-10-15(17)12-14-9-6-8-13-7-4-5-11-16(13)14/h4-9,11,15,17H,2-3,10,12H2,1H3. The largest absolute Gasteiger partial charge is 0.393 e. The van der Waals surface area contributed by atoms with Gasteiger partial charge in [0.05, 0.1) is 6.10 Å². The highest BCUT2D eigenvalue weighted by Gasteiger charge is 2.07. The maximum absolute atomic E-state index is 9.99. The molecule has 90 valence electrons. The molecule has 17 heavy (non-hydrogen) atoms. The Morgan fingerprint density at radius 3 is 2.65 bits per heavy atom. The lowest BCUT2D eigenvalue weighted by Crippen LogP contribution is -2.10. The average molecular weight is 228 g/mol. The number of hydrogen-bond acceptors (Lipinski definition) is 1. The van der Waals surface area contributed by atoms with E-state index in [2.05, 4.69) is 49.4 Å². The second-order valence-electron chi connectivity index (χ2n) is 4.64. The maximum atomic E-state index is 9.99. The second kappa shape index (κ2) is 5.83. The number of benzene rings is 2. The second-order valence-corrected chi connectivity index (χ2v) is 4.64. The van der Waals surface area contributed by atoms with Crippen LogP contribution in [0.15, 0.2) is 42.5 Å². The van der Waals surface area contributed by atoms with Crippen molar-refractivity contribution in [1.82, 2.24) is 0 Å². The van der Waals surface area contributed by atoms with E-state index in [1.165, 1.54) is 16.3 Å². The van der Waals surface area contributed by atoms with Crippen LogP contribution >= 0.6 is 0 Å². The molecule has 2 aromatic carbocycles. The highest BCUT2D eigenvalue weighted by Crippen LogP contribution is 2.20. The minimum absolute atomic E-state index is 0.208. The molecule has 2 rings (SSSR count). The van der Waals surface area contributed by atoms with Gasteiger partial charge in [0.15, 0.2) is 0 Å². The Morgan fingerprint density at radius 1 is 1.06 bits per heavy atom. The summed E-state index contributed by atoms with van der Waals surface area (Å²) >= 11 is 0. The third-order valence-corrected chi connectivity index (χ3v) is 3.23. The fourth-order valence-corrected chi connectivity index (χ4v) is 2.27. The normalized spacial score (nSPS) is 12.8. The SMILES string of the molecule is CCCCC(O)Cc1cccc2ccccc12. The van der Waals surface area contributed by atoms with Gasteiger partial charge in [-0.3, -0.25) is 0 Å². The van der Waals surface area contributed by atoms with Crippen LogP contribution in [0.5, 0.6) is 0 Å². The Morgan fingerprint density at radius 2 is 1.82 bits per heavy atom. The summed E-state index contributed by atoms with van der Waals surface area (Å²) < 4.78 is 0. The van der Waals surface area contributed by atoms with E-state index in [0.29, 0.717) is 0 Å². The number of aliphatic hydroxyl groups is 1. The predicted octanol–water partition coefficient (Wildman–Crippen LogP) is 3.93. The van der Waals surface area contributed by atoms with Crippen molar-refractivity contribution in [2.24, 2.45) is 0 Å². The molecule has 1 unspecified atom stereocenters. The lowest BCUT2D eigenvalue weighted by molar-refractivity contribution is 0.162. The zero-order valence-electron chi connectivity index (χ0n) is 10.4. The summed E-state index contributed by atoms with van der Waals surface area (Å²) in [5.74, 6) is 0. The first-order chi connectivity index (χ1) is 8.31. The zero-order chi connectivity index (χ0) is 12.1. The fourth-order valence-electron chi connectivity index (χ4n) is 2.27. The van der Waals surface area contributed by atoms with Gasteiger partial charge in [0.2, 0.25) is 0 Å². The topological polar surface area (TPSA) is 20.2 Å².